The predicted octanol–water partition coefficient (Wildman–Crippen LogP) is 2.99. The molecule has 0 amide bonds. The highest BCUT2D eigenvalue weighted by molar-refractivity contribution is 7.92. The molecule has 1 heterocycles. The van der Waals surface area contributed by atoms with Crippen LogP contribution in [0.1, 0.15) is 25.3 Å². The summed E-state index contributed by atoms with van der Waals surface area (Å²) in [5.41, 5.74) is 0.610. The molecule has 1 aliphatic heterocycles. The Morgan fingerprint density at radius 1 is 1.14 bits per heavy atom. The number of nitrogens with zero attached hydrogens (tertiary/aromatic N) is 1. The molecular weight excluding hydrogens is 395 g/mol. The van der Waals surface area contributed by atoms with Gasteiger partial charge in [-0.1, -0.05) is 12.1 Å². The lowest BCUT2D eigenvalue weighted by Gasteiger charge is -2.40. The predicted molar refractivity (Wildman–Crippen MR) is 111 cm³/mol. The van der Waals surface area contributed by atoms with Crippen molar-refractivity contribution in [3.05, 3.63) is 59.9 Å². The molecule has 0 bridgehead atoms. The number of halogens is 1. The summed E-state index contributed by atoms with van der Waals surface area (Å²) in [4.78, 5) is 2.15. The molecule has 1 unspecified atom stereocenters. The van der Waals surface area contributed by atoms with Crippen LogP contribution in [-0.4, -0.2) is 49.6 Å². The molecule has 1 aliphatic rings. The fraction of sp³-hybridized carbons (Fsp3) is 0.429. The quantitative estimate of drug-likeness (QED) is 0.717. The second-order valence-corrected chi connectivity index (χ2v) is 9.43. The smallest absolute Gasteiger partial charge is 0.229 e. The summed E-state index contributed by atoms with van der Waals surface area (Å²) >= 11 is 0. The largest absolute Gasteiger partial charge is 0.475 e. The van der Waals surface area contributed by atoms with Gasteiger partial charge >= 0.3 is 0 Å². The van der Waals surface area contributed by atoms with Crippen LogP contribution in [0.4, 0.5) is 10.1 Å². The van der Waals surface area contributed by atoms with E-state index in [9.17, 15) is 17.9 Å². The van der Waals surface area contributed by atoms with Crippen molar-refractivity contribution in [2.75, 3.05) is 24.1 Å². The summed E-state index contributed by atoms with van der Waals surface area (Å²) in [6, 6.07) is 13.0. The summed E-state index contributed by atoms with van der Waals surface area (Å²) < 4.78 is 44.0. The first-order chi connectivity index (χ1) is 13.6. The minimum atomic E-state index is -3.31. The number of benzene rings is 2. The zero-order valence-electron chi connectivity index (χ0n) is 16.6. The molecule has 2 aromatic carbocycles. The normalized spacial score (nSPS) is 18.2. The van der Waals surface area contributed by atoms with E-state index in [4.69, 9.17) is 4.74 Å². The maximum Gasteiger partial charge on any atom is 0.229 e. The number of hydrogen-bond donors (Lipinski definition) is 2. The van der Waals surface area contributed by atoms with Gasteiger partial charge in [-0.15, -0.1) is 0 Å². The molecular formula is C21H27FN2O4S. The summed E-state index contributed by atoms with van der Waals surface area (Å²) in [7, 11) is -3.31. The maximum absolute atomic E-state index is 13.1. The van der Waals surface area contributed by atoms with Crippen LogP contribution in [0.3, 0.4) is 0 Å². The first kappa shape index (κ1) is 21.5. The number of likely N-dealkylation sites (tertiary alicyclic amines) is 1. The molecule has 0 spiro atoms. The Kier molecular flexibility index (Phi) is 6.45. The van der Waals surface area contributed by atoms with Crippen molar-refractivity contribution in [2.24, 2.45) is 0 Å². The highest BCUT2D eigenvalue weighted by atomic mass is 32.2. The summed E-state index contributed by atoms with van der Waals surface area (Å²) in [6.45, 7) is 3.33. The third-order valence-electron chi connectivity index (χ3n) is 5.15. The van der Waals surface area contributed by atoms with Gasteiger partial charge < -0.3 is 9.84 Å². The van der Waals surface area contributed by atoms with Crippen LogP contribution in [0.5, 0.6) is 5.75 Å². The molecule has 1 atom stereocenters. The highest BCUT2D eigenvalue weighted by Crippen LogP contribution is 2.28. The second-order valence-electron chi connectivity index (χ2n) is 7.68. The average molecular weight is 423 g/mol. The zero-order valence-corrected chi connectivity index (χ0v) is 17.5. The van der Waals surface area contributed by atoms with Crippen molar-refractivity contribution < 1.29 is 22.7 Å². The number of piperidine rings is 1. The van der Waals surface area contributed by atoms with Gasteiger partial charge in [-0.25, -0.2) is 12.8 Å². The third kappa shape index (κ3) is 6.42. The van der Waals surface area contributed by atoms with Crippen LogP contribution < -0.4 is 9.46 Å². The lowest BCUT2D eigenvalue weighted by Crippen LogP contribution is -2.50. The lowest BCUT2D eigenvalue weighted by molar-refractivity contribution is -0.0591. The van der Waals surface area contributed by atoms with Crippen LogP contribution in [0.2, 0.25) is 0 Å². The summed E-state index contributed by atoms with van der Waals surface area (Å²) in [5, 5.41) is 10.9. The molecule has 0 radical (unpaired) electrons. The van der Waals surface area contributed by atoms with Crippen LogP contribution in [0.15, 0.2) is 48.5 Å². The van der Waals surface area contributed by atoms with E-state index in [0.29, 0.717) is 43.8 Å². The standard InChI is InChI=1S/C21H27FN2O4S/c1-16(28-20-9-7-19(8-10-20)23-29(2,26)27)24-13-11-21(25,12-14-24)15-17-3-5-18(22)6-4-17/h3-10,16,23,25H,11-15H2,1-2H3. The SMILES string of the molecule is CC(Oc1ccc(NS(C)(=O)=O)cc1)N1CCC(O)(Cc2ccc(F)cc2)CC1. The Hall–Kier alpha value is -2.16. The number of nitrogens with one attached hydrogen (secondary N) is 1. The number of rotatable bonds is 7. The van der Waals surface area contributed by atoms with E-state index in [0.717, 1.165) is 11.8 Å². The second kappa shape index (κ2) is 8.69. The van der Waals surface area contributed by atoms with Gasteiger partial charge in [-0.05, 0) is 61.7 Å². The van der Waals surface area contributed by atoms with Crippen molar-refractivity contribution >= 4 is 15.7 Å². The lowest BCUT2D eigenvalue weighted by atomic mass is 9.85. The van der Waals surface area contributed by atoms with Gasteiger partial charge in [-0.3, -0.25) is 9.62 Å². The molecule has 3 rings (SSSR count). The van der Waals surface area contributed by atoms with Crippen molar-refractivity contribution in [3.8, 4) is 5.75 Å². The van der Waals surface area contributed by atoms with Crippen LogP contribution in [0, 0.1) is 5.82 Å². The van der Waals surface area contributed by atoms with E-state index < -0.39 is 15.6 Å². The first-order valence-corrected chi connectivity index (χ1v) is 11.5. The van der Waals surface area contributed by atoms with Gasteiger partial charge in [0.15, 0.2) is 0 Å². The Balaban J connectivity index is 1.51. The number of sulfonamides is 1. The van der Waals surface area contributed by atoms with Crippen LogP contribution >= 0.6 is 0 Å². The molecule has 0 aliphatic carbocycles. The Bertz CT molecular complexity index is 909. The Labute approximate surface area is 171 Å². The Morgan fingerprint density at radius 3 is 2.28 bits per heavy atom. The zero-order chi connectivity index (χ0) is 21.1. The monoisotopic (exact) mass is 422 g/mol. The molecule has 1 fully saturated rings. The molecule has 29 heavy (non-hydrogen) atoms. The van der Waals surface area contributed by atoms with Gasteiger partial charge in [0.05, 0.1) is 11.9 Å². The van der Waals surface area contributed by atoms with Crippen molar-refractivity contribution in [1.82, 2.24) is 4.90 Å². The molecule has 0 aromatic heterocycles. The molecule has 158 valence electrons. The average Bonchev–Trinajstić information content (AvgIpc) is 2.64. The van der Waals surface area contributed by atoms with E-state index >= 15 is 0 Å². The van der Waals surface area contributed by atoms with Crippen molar-refractivity contribution in [3.63, 3.8) is 0 Å². The minimum Gasteiger partial charge on any atom is -0.475 e. The van der Waals surface area contributed by atoms with E-state index in [1.807, 2.05) is 6.92 Å². The van der Waals surface area contributed by atoms with E-state index in [-0.39, 0.29) is 12.0 Å². The number of ether oxygens (including phenoxy) is 1. The molecule has 8 heteroatoms. The van der Waals surface area contributed by atoms with Gasteiger partial charge in [0.25, 0.3) is 0 Å². The fourth-order valence-electron chi connectivity index (χ4n) is 3.55. The van der Waals surface area contributed by atoms with E-state index in [2.05, 4.69) is 9.62 Å². The van der Waals surface area contributed by atoms with E-state index in [1.54, 1.807) is 36.4 Å². The Morgan fingerprint density at radius 2 is 1.72 bits per heavy atom. The first-order valence-electron chi connectivity index (χ1n) is 9.57. The van der Waals surface area contributed by atoms with Crippen LogP contribution in [-0.2, 0) is 16.4 Å². The number of aliphatic hydroxyl groups is 1. The van der Waals surface area contributed by atoms with Crippen LogP contribution in [0.25, 0.3) is 0 Å². The van der Waals surface area contributed by atoms with Crippen molar-refractivity contribution in [1.29, 1.82) is 0 Å². The van der Waals surface area contributed by atoms with Crippen molar-refractivity contribution in [2.45, 2.75) is 38.0 Å². The van der Waals surface area contributed by atoms with Gasteiger partial charge in [0.2, 0.25) is 10.0 Å². The van der Waals surface area contributed by atoms with Gasteiger partial charge in [0.1, 0.15) is 17.8 Å². The highest BCUT2D eigenvalue weighted by Gasteiger charge is 2.34. The summed E-state index contributed by atoms with van der Waals surface area (Å²) in [6.07, 6.45) is 2.64. The number of anilines is 1. The molecule has 2 aromatic rings. The van der Waals surface area contributed by atoms with E-state index in [1.165, 1.54) is 12.1 Å². The summed E-state index contributed by atoms with van der Waals surface area (Å²) in [5.74, 6) is 0.366. The topological polar surface area (TPSA) is 78.9 Å². The van der Waals surface area contributed by atoms with Gasteiger partial charge in [0, 0.05) is 25.2 Å². The molecule has 2 N–H and O–H groups in total. The molecule has 1 saturated heterocycles. The minimum absolute atomic E-state index is 0.181. The fourth-order valence-corrected chi connectivity index (χ4v) is 4.11. The third-order valence-corrected chi connectivity index (χ3v) is 5.76. The molecule has 6 nitrogen and oxygen atoms in total. The molecule has 0 saturated carbocycles. The number of hydrogen-bond acceptors (Lipinski definition) is 5. The maximum atomic E-state index is 13.1. The van der Waals surface area contributed by atoms with Gasteiger partial charge in [-0.2, -0.15) is 0 Å².